The molecule has 0 radical (unpaired) electrons. The standard InChI is InChI=1S/C20H25N3O/c1-13-5-3-4-6-16(13)17-7-8-18(21-17)20(24)22-19-14(2)23-11-9-15(19)10-12-23/h3-8,14-15,19,21H,9-12H2,1-2H3,(H,22,24)/t14-,19-/m0/s1. The lowest BCUT2D eigenvalue weighted by molar-refractivity contribution is 0.0216. The van der Waals surface area contributed by atoms with Gasteiger partial charge in [-0.15, -0.1) is 0 Å². The SMILES string of the molecule is Cc1ccccc1-c1ccc(C(=O)N[C@@H]2C3CCN(CC3)[C@H]2C)[nH]1. The van der Waals surface area contributed by atoms with Crippen LogP contribution in [0, 0.1) is 12.8 Å². The summed E-state index contributed by atoms with van der Waals surface area (Å²) in [5.41, 5.74) is 4.00. The first kappa shape index (κ1) is 15.5. The third-order valence-corrected chi connectivity index (χ3v) is 5.84. The number of aryl methyl sites for hydroxylation is 1. The molecule has 2 atom stereocenters. The molecular weight excluding hydrogens is 298 g/mol. The maximum absolute atomic E-state index is 12.7. The molecule has 3 saturated heterocycles. The molecule has 2 bridgehead atoms. The monoisotopic (exact) mass is 323 g/mol. The number of piperidine rings is 3. The number of hydrogen-bond donors (Lipinski definition) is 2. The van der Waals surface area contributed by atoms with Gasteiger partial charge in [0.15, 0.2) is 0 Å². The highest BCUT2D eigenvalue weighted by atomic mass is 16.2. The van der Waals surface area contributed by atoms with Crippen LogP contribution in [0.1, 0.15) is 35.8 Å². The molecule has 126 valence electrons. The molecule has 0 spiro atoms. The molecule has 24 heavy (non-hydrogen) atoms. The number of hydrogen-bond acceptors (Lipinski definition) is 2. The van der Waals surface area contributed by atoms with E-state index in [0.29, 0.717) is 17.7 Å². The summed E-state index contributed by atoms with van der Waals surface area (Å²) >= 11 is 0. The van der Waals surface area contributed by atoms with Crippen LogP contribution >= 0.6 is 0 Å². The number of rotatable bonds is 3. The van der Waals surface area contributed by atoms with Crippen molar-refractivity contribution in [1.82, 2.24) is 15.2 Å². The molecule has 1 amide bonds. The molecule has 1 aromatic carbocycles. The zero-order chi connectivity index (χ0) is 16.7. The van der Waals surface area contributed by atoms with Crippen LogP contribution in [0.2, 0.25) is 0 Å². The van der Waals surface area contributed by atoms with E-state index in [1.54, 1.807) is 0 Å². The Morgan fingerprint density at radius 3 is 2.62 bits per heavy atom. The second-order valence-electron chi connectivity index (χ2n) is 7.21. The van der Waals surface area contributed by atoms with Gasteiger partial charge in [-0.05, 0) is 63.4 Å². The second-order valence-corrected chi connectivity index (χ2v) is 7.21. The van der Waals surface area contributed by atoms with E-state index < -0.39 is 0 Å². The number of fused-ring (bicyclic) bond motifs is 3. The predicted molar refractivity (Wildman–Crippen MR) is 96.0 cm³/mol. The highest BCUT2D eigenvalue weighted by Gasteiger charge is 2.40. The van der Waals surface area contributed by atoms with E-state index in [9.17, 15) is 4.79 Å². The molecule has 5 rings (SSSR count). The molecule has 0 aliphatic carbocycles. The minimum atomic E-state index is 0.0143. The van der Waals surface area contributed by atoms with Crippen LogP contribution in [-0.4, -0.2) is 41.0 Å². The lowest BCUT2D eigenvalue weighted by atomic mass is 9.79. The number of nitrogens with zero attached hydrogens (tertiary/aromatic N) is 1. The Labute approximate surface area is 143 Å². The van der Waals surface area contributed by atoms with E-state index in [1.165, 1.54) is 31.5 Å². The van der Waals surface area contributed by atoms with E-state index in [0.717, 1.165) is 11.3 Å². The minimum absolute atomic E-state index is 0.0143. The fourth-order valence-electron chi connectivity index (χ4n) is 4.33. The van der Waals surface area contributed by atoms with Gasteiger partial charge in [0.1, 0.15) is 5.69 Å². The van der Waals surface area contributed by atoms with Crippen molar-refractivity contribution in [3.8, 4) is 11.3 Å². The maximum atomic E-state index is 12.7. The van der Waals surface area contributed by atoms with Crippen molar-refractivity contribution in [1.29, 1.82) is 0 Å². The zero-order valence-electron chi connectivity index (χ0n) is 14.4. The number of nitrogens with one attached hydrogen (secondary N) is 2. The third kappa shape index (κ3) is 2.65. The van der Waals surface area contributed by atoms with Crippen LogP contribution in [0.5, 0.6) is 0 Å². The average Bonchev–Trinajstić information content (AvgIpc) is 3.09. The number of aromatic nitrogens is 1. The van der Waals surface area contributed by atoms with Gasteiger partial charge in [-0.3, -0.25) is 9.69 Å². The molecule has 2 N–H and O–H groups in total. The van der Waals surface area contributed by atoms with E-state index in [2.05, 4.69) is 41.2 Å². The highest BCUT2D eigenvalue weighted by molar-refractivity contribution is 5.93. The largest absolute Gasteiger partial charge is 0.351 e. The minimum Gasteiger partial charge on any atom is -0.351 e. The number of aromatic amines is 1. The summed E-state index contributed by atoms with van der Waals surface area (Å²) in [6.07, 6.45) is 2.41. The molecule has 3 fully saturated rings. The van der Waals surface area contributed by atoms with Gasteiger partial charge in [0.2, 0.25) is 0 Å². The fourth-order valence-corrected chi connectivity index (χ4v) is 4.33. The molecule has 0 saturated carbocycles. The van der Waals surface area contributed by atoms with Gasteiger partial charge in [-0.25, -0.2) is 0 Å². The van der Waals surface area contributed by atoms with Gasteiger partial charge in [-0.2, -0.15) is 0 Å². The first-order chi connectivity index (χ1) is 11.6. The molecule has 4 heterocycles. The predicted octanol–water partition coefficient (Wildman–Crippen LogP) is 3.20. The van der Waals surface area contributed by atoms with Gasteiger partial charge in [-0.1, -0.05) is 24.3 Å². The molecule has 3 aliphatic rings. The lowest BCUT2D eigenvalue weighted by Gasteiger charge is -2.49. The summed E-state index contributed by atoms with van der Waals surface area (Å²) in [4.78, 5) is 18.5. The van der Waals surface area contributed by atoms with E-state index in [4.69, 9.17) is 0 Å². The Balaban J connectivity index is 1.51. The summed E-state index contributed by atoms with van der Waals surface area (Å²) < 4.78 is 0. The quantitative estimate of drug-likeness (QED) is 0.911. The summed E-state index contributed by atoms with van der Waals surface area (Å²) in [6, 6.07) is 12.8. The number of carbonyl (C=O) groups excluding carboxylic acids is 1. The maximum Gasteiger partial charge on any atom is 0.267 e. The molecule has 4 heteroatoms. The topological polar surface area (TPSA) is 48.1 Å². The van der Waals surface area contributed by atoms with Gasteiger partial charge >= 0.3 is 0 Å². The van der Waals surface area contributed by atoms with E-state index in [-0.39, 0.29) is 11.9 Å². The number of amides is 1. The Bertz CT molecular complexity index is 741. The van der Waals surface area contributed by atoms with Gasteiger partial charge in [0, 0.05) is 23.3 Å². The van der Waals surface area contributed by atoms with Crippen LogP contribution in [-0.2, 0) is 0 Å². The Kier molecular flexibility index (Phi) is 3.93. The van der Waals surface area contributed by atoms with Crippen molar-refractivity contribution in [3.05, 3.63) is 47.7 Å². The van der Waals surface area contributed by atoms with E-state index in [1.807, 2.05) is 24.3 Å². The highest BCUT2D eigenvalue weighted by Crippen LogP contribution is 2.32. The van der Waals surface area contributed by atoms with Crippen LogP contribution in [0.3, 0.4) is 0 Å². The van der Waals surface area contributed by atoms with Crippen molar-refractivity contribution in [2.75, 3.05) is 13.1 Å². The summed E-state index contributed by atoms with van der Waals surface area (Å²) in [5.74, 6) is 0.639. The smallest absolute Gasteiger partial charge is 0.267 e. The molecule has 0 unspecified atom stereocenters. The van der Waals surface area contributed by atoms with Gasteiger partial charge in [0.25, 0.3) is 5.91 Å². The van der Waals surface area contributed by atoms with Crippen molar-refractivity contribution in [3.63, 3.8) is 0 Å². The van der Waals surface area contributed by atoms with E-state index >= 15 is 0 Å². The van der Waals surface area contributed by atoms with Crippen LogP contribution in [0.25, 0.3) is 11.3 Å². The molecular formula is C20H25N3O. The number of H-pyrrole nitrogens is 1. The summed E-state index contributed by atoms with van der Waals surface area (Å²) in [5, 5.41) is 3.28. The normalized spacial score (nSPS) is 28.8. The summed E-state index contributed by atoms with van der Waals surface area (Å²) in [7, 11) is 0. The van der Waals surface area contributed by atoms with Crippen LogP contribution in [0.4, 0.5) is 0 Å². The van der Waals surface area contributed by atoms with Crippen LogP contribution in [0.15, 0.2) is 36.4 Å². The van der Waals surface area contributed by atoms with Crippen LogP contribution < -0.4 is 5.32 Å². The Morgan fingerprint density at radius 1 is 1.17 bits per heavy atom. The fraction of sp³-hybridized carbons (Fsp3) is 0.450. The second kappa shape index (κ2) is 6.10. The molecule has 4 nitrogen and oxygen atoms in total. The number of benzene rings is 1. The van der Waals surface area contributed by atoms with Crippen molar-refractivity contribution in [2.45, 2.75) is 38.8 Å². The third-order valence-electron chi connectivity index (χ3n) is 5.84. The first-order valence-corrected chi connectivity index (χ1v) is 8.93. The lowest BCUT2D eigenvalue weighted by Crippen LogP contribution is -2.62. The Hall–Kier alpha value is -2.07. The summed E-state index contributed by atoms with van der Waals surface area (Å²) in [6.45, 7) is 6.69. The molecule has 2 aromatic rings. The number of carbonyl (C=O) groups is 1. The average molecular weight is 323 g/mol. The zero-order valence-corrected chi connectivity index (χ0v) is 14.4. The van der Waals surface area contributed by atoms with Crippen molar-refractivity contribution < 1.29 is 4.79 Å². The molecule has 3 aliphatic heterocycles. The Morgan fingerprint density at radius 2 is 1.92 bits per heavy atom. The van der Waals surface area contributed by atoms with Crippen molar-refractivity contribution in [2.24, 2.45) is 5.92 Å². The van der Waals surface area contributed by atoms with Crippen molar-refractivity contribution >= 4 is 5.91 Å². The molecule has 1 aromatic heterocycles. The van der Waals surface area contributed by atoms with Gasteiger partial charge in [0.05, 0.1) is 0 Å². The van der Waals surface area contributed by atoms with Gasteiger partial charge < -0.3 is 10.3 Å². The first-order valence-electron chi connectivity index (χ1n) is 8.93.